The number of oxime groups is 1. The van der Waals surface area contributed by atoms with E-state index in [1.807, 2.05) is 13.8 Å². The number of rotatable bonds is 6. The predicted octanol–water partition coefficient (Wildman–Crippen LogP) is 1.44. The third-order valence-electron chi connectivity index (χ3n) is 3.61. The van der Waals surface area contributed by atoms with Gasteiger partial charge < -0.3 is 26.1 Å². The summed E-state index contributed by atoms with van der Waals surface area (Å²) in [6, 6.07) is 4.34. The van der Waals surface area contributed by atoms with Gasteiger partial charge in [0.15, 0.2) is 5.84 Å². The molecule has 0 aliphatic rings. The quantitative estimate of drug-likeness (QED) is 0.274. The van der Waals surface area contributed by atoms with Crippen molar-refractivity contribution in [2.24, 2.45) is 10.9 Å². The molecule has 0 aliphatic heterocycles. The molecule has 7 nitrogen and oxygen atoms in total. The summed E-state index contributed by atoms with van der Waals surface area (Å²) in [5.41, 5.74) is 4.78. The van der Waals surface area contributed by atoms with Crippen LogP contribution in [-0.2, 0) is 0 Å². The van der Waals surface area contributed by atoms with Crippen molar-refractivity contribution >= 4 is 11.7 Å². The Morgan fingerprint density at radius 2 is 2.05 bits per heavy atom. The zero-order chi connectivity index (χ0) is 16.0. The van der Waals surface area contributed by atoms with E-state index in [9.17, 15) is 9.90 Å². The maximum absolute atomic E-state index is 12.4. The first-order valence-corrected chi connectivity index (χ1v) is 6.61. The summed E-state index contributed by atoms with van der Waals surface area (Å²) in [7, 11) is 1.47. The molecule has 0 aliphatic carbocycles. The SMILES string of the molecule is CCC(CC)(NC(=O)c1cc(OC)ccc1O)C(N)=NO. The minimum Gasteiger partial charge on any atom is -0.507 e. The molecule has 0 fully saturated rings. The smallest absolute Gasteiger partial charge is 0.255 e. The van der Waals surface area contributed by atoms with Crippen LogP contribution < -0.4 is 15.8 Å². The molecule has 116 valence electrons. The van der Waals surface area contributed by atoms with Crippen LogP contribution in [0, 0.1) is 0 Å². The molecule has 0 saturated heterocycles. The lowest BCUT2D eigenvalue weighted by Gasteiger charge is -2.31. The molecule has 0 spiro atoms. The van der Waals surface area contributed by atoms with E-state index in [1.165, 1.54) is 19.2 Å². The molecular formula is C14H21N3O4. The van der Waals surface area contributed by atoms with Crippen molar-refractivity contribution in [2.75, 3.05) is 7.11 Å². The zero-order valence-corrected chi connectivity index (χ0v) is 12.4. The molecule has 0 aromatic heterocycles. The number of ether oxygens (including phenoxy) is 1. The third-order valence-corrected chi connectivity index (χ3v) is 3.61. The first-order chi connectivity index (χ1) is 9.93. The van der Waals surface area contributed by atoms with Gasteiger partial charge >= 0.3 is 0 Å². The van der Waals surface area contributed by atoms with Crippen LogP contribution in [0.5, 0.6) is 11.5 Å². The number of methoxy groups -OCH3 is 1. The molecule has 7 heteroatoms. The number of hydrogen-bond acceptors (Lipinski definition) is 5. The minimum absolute atomic E-state index is 0.0614. The molecule has 1 aromatic carbocycles. The van der Waals surface area contributed by atoms with Crippen LogP contribution in [0.2, 0.25) is 0 Å². The van der Waals surface area contributed by atoms with Crippen LogP contribution in [-0.4, -0.2) is 34.7 Å². The van der Waals surface area contributed by atoms with Gasteiger partial charge in [0.2, 0.25) is 0 Å². The van der Waals surface area contributed by atoms with Crippen LogP contribution in [0.25, 0.3) is 0 Å². The Hall–Kier alpha value is -2.44. The van der Waals surface area contributed by atoms with E-state index >= 15 is 0 Å². The van der Waals surface area contributed by atoms with Crippen LogP contribution in [0.3, 0.4) is 0 Å². The largest absolute Gasteiger partial charge is 0.507 e. The number of amides is 1. The Morgan fingerprint density at radius 1 is 1.43 bits per heavy atom. The highest BCUT2D eigenvalue weighted by molar-refractivity contribution is 6.02. The summed E-state index contributed by atoms with van der Waals surface area (Å²) in [5, 5.41) is 24.4. The molecule has 0 bridgehead atoms. The van der Waals surface area contributed by atoms with Crippen molar-refractivity contribution in [1.29, 1.82) is 0 Å². The lowest BCUT2D eigenvalue weighted by atomic mass is 9.91. The van der Waals surface area contributed by atoms with E-state index in [4.69, 9.17) is 15.7 Å². The Labute approximate surface area is 123 Å². The Balaban J connectivity index is 3.14. The summed E-state index contributed by atoms with van der Waals surface area (Å²) >= 11 is 0. The highest BCUT2D eigenvalue weighted by Crippen LogP contribution is 2.24. The topological polar surface area (TPSA) is 117 Å². The van der Waals surface area contributed by atoms with E-state index < -0.39 is 11.4 Å². The average Bonchev–Trinajstić information content (AvgIpc) is 2.52. The number of nitrogens with zero attached hydrogens (tertiary/aromatic N) is 1. The molecule has 1 aromatic rings. The molecule has 5 N–H and O–H groups in total. The monoisotopic (exact) mass is 295 g/mol. The van der Waals surface area contributed by atoms with Crippen LogP contribution in [0.4, 0.5) is 0 Å². The first-order valence-electron chi connectivity index (χ1n) is 6.61. The summed E-state index contributed by atoms with van der Waals surface area (Å²) in [4.78, 5) is 12.4. The number of nitrogens with two attached hydrogens (primary N) is 1. The van der Waals surface area contributed by atoms with Gasteiger partial charge in [-0.1, -0.05) is 19.0 Å². The standard InChI is InChI=1S/C14H21N3O4/c1-4-14(5-2,13(15)17-20)16-12(19)10-8-9(21-3)6-7-11(10)18/h6-8,18,20H,4-5H2,1-3H3,(H2,15,17)(H,16,19). The summed E-state index contributed by atoms with van der Waals surface area (Å²) in [6.07, 6.45) is 0.881. The molecule has 1 amide bonds. The van der Waals surface area contributed by atoms with Gasteiger partial charge in [-0.15, -0.1) is 0 Å². The van der Waals surface area contributed by atoms with Crippen molar-refractivity contribution in [2.45, 2.75) is 32.2 Å². The Morgan fingerprint density at radius 3 is 2.52 bits per heavy atom. The molecule has 1 rings (SSSR count). The fourth-order valence-electron chi connectivity index (χ4n) is 2.06. The zero-order valence-electron chi connectivity index (χ0n) is 12.4. The van der Waals surface area contributed by atoms with Crippen LogP contribution in [0.15, 0.2) is 23.4 Å². The lowest BCUT2D eigenvalue weighted by Crippen LogP contribution is -2.56. The van der Waals surface area contributed by atoms with Crippen LogP contribution in [0.1, 0.15) is 37.0 Å². The van der Waals surface area contributed by atoms with Crippen molar-refractivity contribution in [1.82, 2.24) is 5.32 Å². The van der Waals surface area contributed by atoms with E-state index in [2.05, 4.69) is 10.5 Å². The van der Waals surface area contributed by atoms with E-state index in [0.717, 1.165) is 0 Å². The van der Waals surface area contributed by atoms with Crippen molar-refractivity contribution in [3.63, 3.8) is 0 Å². The van der Waals surface area contributed by atoms with Crippen LogP contribution >= 0.6 is 0 Å². The number of carbonyl (C=O) groups excluding carboxylic acids is 1. The van der Waals surface area contributed by atoms with Gasteiger partial charge in [-0.05, 0) is 31.0 Å². The molecule has 21 heavy (non-hydrogen) atoms. The van der Waals surface area contributed by atoms with Gasteiger partial charge in [-0.2, -0.15) is 0 Å². The number of aromatic hydroxyl groups is 1. The molecular weight excluding hydrogens is 274 g/mol. The van der Waals surface area contributed by atoms with Gasteiger partial charge in [-0.3, -0.25) is 4.79 Å². The lowest BCUT2D eigenvalue weighted by molar-refractivity contribution is 0.0914. The second-order valence-corrected chi connectivity index (χ2v) is 4.61. The van der Waals surface area contributed by atoms with Gasteiger partial charge in [0.05, 0.1) is 12.7 Å². The molecule has 0 unspecified atom stereocenters. The number of phenolic OH excluding ortho intramolecular Hbond substituents is 1. The summed E-state index contributed by atoms with van der Waals surface area (Å²) < 4.78 is 5.03. The van der Waals surface area contributed by atoms with Crippen molar-refractivity contribution in [3.8, 4) is 11.5 Å². The average molecular weight is 295 g/mol. The number of phenols is 1. The minimum atomic E-state index is -0.971. The van der Waals surface area contributed by atoms with Crippen molar-refractivity contribution < 1.29 is 19.8 Å². The summed E-state index contributed by atoms with van der Waals surface area (Å²) in [6.45, 7) is 3.63. The first kappa shape index (κ1) is 16.6. The number of carbonyl (C=O) groups is 1. The Kier molecular flexibility index (Phi) is 5.40. The predicted molar refractivity (Wildman–Crippen MR) is 78.8 cm³/mol. The van der Waals surface area contributed by atoms with E-state index in [-0.39, 0.29) is 17.1 Å². The fraction of sp³-hybridized carbons (Fsp3) is 0.429. The number of benzene rings is 1. The second kappa shape index (κ2) is 6.83. The fourth-order valence-corrected chi connectivity index (χ4v) is 2.06. The number of nitrogens with one attached hydrogen (secondary N) is 1. The molecule has 0 radical (unpaired) electrons. The van der Waals surface area contributed by atoms with Gasteiger partial charge in [0, 0.05) is 0 Å². The van der Waals surface area contributed by atoms with E-state index in [0.29, 0.717) is 18.6 Å². The molecule has 0 saturated carbocycles. The molecule has 0 atom stereocenters. The van der Waals surface area contributed by atoms with Gasteiger partial charge in [0.1, 0.15) is 17.0 Å². The second-order valence-electron chi connectivity index (χ2n) is 4.61. The van der Waals surface area contributed by atoms with E-state index in [1.54, 1.807) is 6.07 Å². The summed E-state index contributed by atoms with van der Waals surface area (Å²) in [5.74, 6) is -0.334. The van der Waals surface area contributed by atoms with Gasteiger partial charge in [0.25, 0.3) is 5.91 Å². The normalized spacial score (nSPS) is 12.0. The number of hydrogen-bond donors (Lipinski definition) is 4. The maximum Gasteiger partial charge on any atom is 0.255 e. The highest BCUT2D eigenvalue weighted by atomic mass is 16.5. The third kappa shape index (κ3) is 3.36. The maximum atomic E-state index is 12.4. The Bertz CT molecular complexity index is 539. The van der Waals surface area contributed by atoms with Gasteiger partial charge in [-0.25, -0.2) is 0 Å². The number of amidine groups is 1. The molecule has 0 heterocycles. The highest BCUT2D eigenvalue weighted by Gasteiger charge is 2.34. The van der Waals surface area contributed by atoms with Crippen molar-refractivity contribution in [3.05, 3.63) is 23.8 Å².